The van der Waals surface area contributed by atoms with Crippen LogP contribution in [0, 0.1) is 0 Å². The van der Waals surface area contributed by atoms with Crippen LogP contribution >= 0.6 is 0 Å². The molecule has 0 aromatic heterocycles. The van der Waals surface area contributed by atoms with Gasteiger partial charge in [0.25, 0.3) is 0 Å². The molecular formula is C14H21NO. The van der Waals surface area contributed by atoms with Gasteiger partial charge in [0.2, 0.25) is 0 Å². The zero-order chi connectivity index (χ0) is 11.4. The van der Waals surface area contributed by atoms with Crippen LogP contribution in [0.5, 0.6) is 0 Å². The molecule has 0 fully saturated rings. The van der Waals surface area contributed by atoms with Gasteiger partial charge in [0.1, 0.15) is 0 Å². The smallest absolute Gasteiger partial charge is 0.0976 e. The van der Waals surface area contributed by atoms with Crippen molar-refractivity contribution in [3.8, 4) is 0 Å². The molecule has 1 aromatic carbocycles. The molecule has 0 spiro atoms. The SMILES string of the molecule is CCCNC1CCc2ccccc2C1OC. The number of methoxy groups -OCH3 is 1. The summed E-state index contributed by atoms with van der Waals surface area (Å²) >= 11 is 0. The van der Waals surface area contributed by atoms with Gasteiger partial charge in [-0.15, -0.1) is 0 Å². The van der Waals surface area contributed by atoms with Crippen molar-refractivity contribution in [2.24, 2.45) is 0 Å². The highest BCUT2D eigenvalue weighted by atomic mass is 16.5. The van der Waals surface area contributed by atoms with E-state index >= 15 is 0 Å². The van der Waals surface area contributed by atoms with Crippen LogP contribution in [0.4, 0.5) is 0 Å². The monoisotopic (exact) mass is 219 g/mol. The largest absolute Gasteiger partial charge is 0.375 e. The highest BCUT2D eigenvalue weighted by Gasteiger charge is 2.28. The Morgan fingerprint density at radius 3 is 2.94 bits per heavy atom. The van der Waals surface area contributed by atoms with Crippen molar-refractivity contribution in [2.45, 2.75) is 38.3 Å². The maximum Gasteiger partial charge on any atom is 0.0976 e. The van der Waals surface area contributed by atoms with Gasteiger partial charge in [0.15, 0.2) is 0 Å². The Morgan fingerprint density at radius 2 is 2.19 bits per heavy atom. The molecule has 0 saturated carbocycles. The first-order valence-corrected chi connectivity index (χ1v) is 6.20. The molecule has 16 heavy (non-hydrogen) atoms. The van der Waals surface area contributed by atoms with Crippen LogP contribution in [0.1, 0.15) is 37.0 Å². The molecule has 0 bridgehead atoms. The maximum atomic E-state index is 5.66. The van der Waals surface area contributed by atoms with Crippen molar-refractivity contribution in [1.29, 1.82) is 0 Å². The van der Waals surface area contributed by atoms with Gasteiger partial charge in [-0.25, -0.2) is 0 Å². The van der Waals surface area contributed by atoms with E-state index < -0.39 is 0 Å². The summed E-state index contributed by atoms with van der Waals surface area (Å²) in [7, 11) is 1.81. The lowest BCUT2D eigenvalue weighted by Crippen LogP contribution is -2.39. The molecule has 1 aromatic rings. The van der Waals surface area contributed by atoms with Crippen LogP contribution < -0.4 is 5.32 Å². The number of ether oxygens (including phenoxy) is 1. The first-order chi connectivity index (χ1) is 7.86. The number of aryl methyl sites for hydroxylation is 1. The molecule has 0 heterocycles. The Bertz CT molecular complexity index is 337. The second-order valence-electron chi connectivity index (χ2n) is 4.45. The second kappa shape index (κ2) is 5.46. The fourth-order valence-electron chi connectivity index (χ4n) is 2.55. The molecule has 88 valence electrons. The minimum Gasteiger partial charge on any atom is -0.375 e. The minimum atomic E-state index is 0.219. The Morgan fingerprint density at radius 1 is 1.38 bits per heavy atom. The van der Waals surface area contributed by atoms with E-state index in [0.717, 1.165) is 13.0 Å². The van der Waals surface area contributed by atoms with Crippen molar-refractivity contribution in [3.63, 3.8) is 0 Å². The lowest BCUT2D eigenvalue weighted by Gasteiger charge is -2.33. The molecule has 2 heteroatoms. The third kappa shape index (κ3) is 2.28. The van der Waals surface area contributed by atoms with Gasteiger partial charge in [-0.1, -0.05) is 31.2 Å². The Kier molecular flexibility index (Phi) is 3.97. The standard InChI is InChI=1S/C14H21NO/c1-3-10-15-13-9-8-11-6-4-5-7-12(11)14(13)16-2/h4-7,13-15H,3,8-10H2,1-2H3. The quantitative estimate of drug-likeness (QED) is 0.840. The Balaban J connectivity index is 2.16. The van der Waals surface area contributed by atoms with Crippen LogP contribution in [0.25, 0.3) is 0 Å². The van der Waals surface area contributed by atoms with Gasteiger partial charge in [0.05, 0.1) is 6.10 Å². The van der Waals surface area contributed by atoms with Crippen LogP contribution in [0.3, 0.4) is 0 Å². The van der Waals surface area contributed by atoms with E-state index in [1.54, 1.807) is 0 Å². The Labute approximate surface area is 98.0 Å². The third-order valence-corrected chi connectivity index (χ3v) is 3.36. The lowest BCUT2D eigenvalue weighted by atomic mass is 9.85. The van der Waals surface area contributed by atoms with E-state index in [1.165, 1.54) is 24.0 Å². The zero-order valence-corrected chi connectivity index (χ0v) is 10.2. The predicted molar refractivity (Wildman–Crippen MR) is 66.6 cm³/mol. The predicted octanol–water partition coefficient (Wildman–Crippen LogP) is 2.69. The topological polar surface area (TPSA) is 21.3 Å². The normalized spacial score (nSPS) is 24.1. The summed E-state index contributed by atoms with van der Waals surface area (Å²) in [6, 6.07) is 9.11. The van der Waals surface area contributed by atoms with Crippen LogP contribution in [0.15, 0.2) is 24.3 Å². The maximum absolute atomic E-state index is 5.66. The summed E-state index contributed by atoms with van der Waals surface area (Å²) < 4.78 is 5.66. The van der Waals surface area contributed by atoms with E-state index in [-0.39, 0.29) is 6.10 Å². The molecule has 1 aliphatic rings. The van der Waals surface area contributed by atoms with Crippen molar-refractivity contribution < 1.29 is 4.74 Å². The summed E-state index contributed by atoms with van der Waals surface area (Å²) in [5, 5.41) is 3.59. The fourth-order valence-corrected chi connectivity index (χ4v) is 2.55. The van der Waals surface area contributed by atoms with Gasteiger partial charge >= 0.3 is 0 Å². The summed E-state index contributed by atoms with van der Waals surface area (Å²) in [6.45, 7) is 3.28. The molecule has 0 radical (unpaired) electrons. The van der Waals surface area contributed by atoms with Gasteiger partial charge in [-0.2, -0.15) is 0 Å². The molecule has 0 aliphatic heterocycles. The number of fused-ring (bicyclic) bond motifs is 1. The minimum absolute atomic E-state index is 0.219. The lowest BCUT2D eigenvalue weighted by molar-refractivity contribution is 0.0586. The van der Waals surface area contributed by atoms with Gasteiger partial charge in [-0.3, -0.25) is 0 Å². The summed E-state index contributed by atoms with van der Waals surface area (Å²) in [5.74, 6) is 0. The van der Waals surface area contributed by atoms with Crippen molar-refractivity contribution in [3.05, 3.63) is 35.4 Å². The number of hydrogen-bond donors (Lipinski definition) is 1. The van der Waals surface area contributed by atoms with E-state index in [0.29, 0.717) is 6.04 Å². The van der Waals surface area contributed by atoms with Gasteiger partial charge in [-0.05, 0) is 36.9 Å². The second-order valence-corrected chi connectivity index (χ2v) is 4.45. The van der Waals surface area contributed by atoms with Crippen LogP contribution in [0.2, 0.25) is 0 Å². The summed E-state index contributed by atoms with van der Waals surface area (Å²) in [6.07, 6.45) is 3.73. The zero-order valence-electron chi connectivity index (χ0n) is 10.2. The van der Waals surface area contributed by atoms with Gasteiger partial charge < -0.3 is 10.1 Å². The number of rotatable bonds is 4. The highest BCUT2D eigenvalue weighted by molar-refractivity contribution is 5.32. The van der Waals surface area contributed by atoms with Crippen molar-refractivity contribution in [2.75, 3.05) is 13.7 Å². The fraction of sp³-hybridized carbons (Fsp3) is 0.571. The summed E-state index contributed by atoms with van der Waals surface area (Å²) in [5.41, 5.74) is 2.81. The van der Waals surface area contributed by atoms with E-state index in [9.17, 15) is 0 Å². The molecule has 1 N–H and O–H groups in total. The molecular weight excluding hydrogens is 198 g/mol. The number of benzene rings is 1. The van der Waals surface area contributed by atoms with E-state index in [2.05, 4.69) is 36.5 Å². The average Bonchev–Trinajstić information content (AvgIpc) is 2.35. The van der Waals surface area contributed by atoms with Gasteiger partial charge in [0, 0.05) is 13.2 Å². The first kappa shape index (κ1) is 11.6. The van der Waals surface area contributed by atoms with Crippen LogP contribution in [-0.2, 0) is 11.2 Å². The molecule has 2 nitrogen and oxygen atoms in total. The Hall–Kier alpha value is -0.860. The van der Waals surface area contributed by atoms with E-state index in [4.69, 9.17) is 4.74 Å². The highest BCUT2D eigenvalue weighted by Crippen LogP contribution is 2.32. The third-order valence-electron chi connectivity index (χ3n) is 3.36. The summed E-state index contributed by atoms with van der Waals surface area (Å²) in [4.78, 5) is 0. The van der Waals surface area contributed by atoms with E-state index in [1.807, 2.05) is 7.11 Å². The molecule has 0 saturated heterocycles. The van der Waals surface area contributed by atoms with Crippen LogP contribution in [-0.4, -0.2) is 19.7 Å². The first-order valence-electron chi connectivity index (χ1n) is 6.20. The molecule has 2 unspecified atom stereocenters. The average molecular weight is 219 g/mol. The van der Waals surface area contributed by atoms with Crippen molar-refractivity contribution >= 4 is 0 Å². The molecule has 1 aliphatic carbocycles. The molecule has 0 amide bonds. The number of nitrogens with one attached hydrogen (secondary N) is 1. The molecule has 2 rings (SSSR count). The molecule has 2 atom stereocenters. The number of hydrogen-bond acceptors (Lipinski definition) is 2. The van der Waals surface area contributed by atoms with Crippen molar-refractivity contribution in [1.82, 2.24) is 5.32 Å².